The number of benzene rings is 1. The maximum atomic E-state index is 4.62. The fraction of sp³-hybridized carbons (Fsp3) is 0.500. The van der Waals surface area contributed by atoms with E-state index in [-0.39, 0.29) is 5.41 Å². The van der Waals surface area contributed by atoms with Crippen LogP contribution in [0.3, 0.4) is 0 Å². The Morgan fingerprint density at radius 1 is 1.07 bits per heavy atom. The fourth-order valence-corrected chi connectivity index (χ4v) is 5.97. The van der Waals surface area contributed by atoms with E-state index in [0.717, 1.165) is 13.1 Å². The Labute approximate surface area is 177 Å². The second-order valence-corrected chi connectivity index (χ2v) is 9.48. The molecular weight excluding hydrogens is 350 g/mol. The van der Waals surface area contributed by atoms with E-state index in [1.54, 1.807) is 16.7 Å². The minimum absolute atomic E-state index is 0.0976. The average Bonchev–Trinajstić information content (AvgIpc) is 3.13. The molecule has 1 nitrogen and oxygen atoms in total. The molecule has 1 aromatic rings. The summed E-state index contributed by atoms with van der Waals surface area (Å²) in [6, 6.07) is 6.95. The molecule has 0 saturated heterocycles. The summed E-state index contributed by atoms with van der Waals surface area (Å²) in [7, 11) is 0. The molecule has 1 aromatic carbocycles. The van der Waals surface area contributed by atoms with Gasteiger partial charge in [0.05, 0.1) is 0 Å². The van der Waals surface area contributed by atoms with Crippen LogP contribution in [-0.2, 0) is 11.8 Å². The number of allylic oxidation sites excluding steroid dienone is 7. The van der Waals surface area contributed by atoms with Crippen LogP contribution in [0.15, 0.2) is 60.2 Å². The summed E-state index contributed by atoms with van der Waals surface area (Å²) >= 11 is 0. The smallest absolute Gasteiger partial charge is 0.0120 e. The minimum atomic E-state index is 0.0976. The van der Waals surface area contributed by atoms with Crippen molar-refractivity contribution in [1.82, 2.24) is 4.90 Å². The first-order valence-electron chi connectivity index (χ1n) is 11.6. The van der Waals surface area contributed by atoms with Crippen LogP contribution in [0.1, 0.15) is 63.6 Å². The summed E-state index contributed by atoms with van der Waals surface area (Å²) < 4.78 is 0. The molecule has 0 amide bonds. The van der Waals surface area contributed by atoms with Crippen LogP contribution in [-0.4, -0.2) is 24.5 Å². The number of aryl methyl sites for hydroxylation is 1. The third-order valence-corrected chi connectivity index (χ3v) is 7.59. The molecule has 3 aliphatic rings. The Morgan fingerprint density at radius 2 is 1.83 bits per heavy atom. The highest BCUT2D eigenvalue weighted by Crippen LogP contribution is 2.57. The second-order valence-electron chi connectivity index (χ2n) is 9.48. The standard InChI is InChI=1S/C28H37N/c1-6-29(7-2)18-11-10-13-21-15-12-17-23-20(3)26-24-16-9-8-14-22(24)19-25(26)28(4,5)27(21)23/h8-9,12,14-17,22,24H,3,6-7,10-11,13,18-19H2,1-2,4-5H3. The predicted molar refractivity (Wildman–Crippen MR) is 126 cm³/mol. The number of fused-ring (bicyclic) bond motifs is 3. The van der Waals surface area contributed by atoms with E-state index in [0.29, 0.717) is 11.8 Å². The van der Waals surface area contributed by atoms with Gasteiger partial charge in [-0.15, -0.1) is 0 Å². The minimum Gasteiger partial charge on any atom is -0.304 e. The Hall–Kier alpha value is -1.86. The van der Waals surface area contributed by atoms with E-state index in [1.165, 1.54) is 48.9 Å². The highest BCUT2D eigenvalue weighted by molar-refractivity contribution is 5.87. The topological polar surface area (TPSA) is 3.24 Å². The molecule has 3 aliphatic carbocycles. The molecule has 0 saturated carbocycles. The summed E-state index contributed by atoms with van der Waals surface area (Å²) in [5.41, 5.74) is 9.05. The van der Waals surface area contributed by atoms with Gasteiger partial charge in [-0.3, -0.25) is 0 Å². The van der Waals surface area contributed by atoms with Crippen LogP contribution in [0.4, 0.5) is 0 Å². The van der Waals surface area contributed by atoms with Gasteiger partial charge in [0, 0.05) is 11.3 Å². The summed E-state index contributed by atoms with van der Waals surface area (Å²) in [6.45, 7) is 17.6. The van der Waals surface area contributed by atoms with E-state index in [9.17, 15) is 0 Å². The molecule has 0 bridgehead atoms. The van der Waals surface area contributed by atoms with Crippen molar-refractivity contribution in [3.05, 3.63) is 76.9 Å². The van der Waals surface area contributed by atoms with Crippen LogP contribution in [0.25, 0.3) is 5.57 Å². The van der Waals surface area contributed by atoms with Gasteiger partial charge in [0.1, 0.15) is 0 Å². The highest BCUT2D eigenvalue weighted by atomic mass is 15.1. The molecule has 0 spiro atoms. The molecule has 4 rings (SSSR count). The summed E-state index contributed by atoms with van der Waals surface area (Å²) in [4.78, 5) is 2.53. The maximum absolute atomic E-state index is 4.62. The Morgan fingerprint density at radius 3 is 2.59 bits per heavy atom. The lowest BCUT2D eigenvalue weighted by Crippen LogP contribution is -2.28. The van der Waals surface area contributed by atoms with Crippen molar-refractivity contribution in [2.24, 2.45) is 11.8 Å². The van der Waals surface area contributed by atoms with Gasteiger partial charge < -0.3 is 4.90 Å². The van der Waals surface area contributed by atoms with Gasteiger partial charge in [-0.2, -0.15) is 0 Å². The summed E-state index contributed by atoms with van der Waals surface area (Å²) in [5.74, 6) is 1.14. The number of hydrogen-bond acceptors (Lipinski definition) is 1. The monoisotopic (exact) mass is 387 g/mol. The number of hydrogen-bond donors (Lipinski definition) is 0. The van der Waals surface area contributed by atoms with Gasteiger partial charge in [0.2, 0.25) is 0 Å². The second kappa shape index (κ2) is 8.11. The van der Waals surface area contributed by atoms with E-state index in [1.807, 2.05) is 0 Å². The lowest BCUT2D eigenvalue weighted by atomic mass is 9.65. The molecule has 0 fully saturated rings. The first-order valence-corrected chi connectivity index (χ1v) is 11.6. The van der Waals surface area contributed by atoms with Gasteiger partial charge in [0.15, 0.2) is 0 Å². The number of unbranched alkanes of at least 4 members (excludes halogenated alkanes) is 1. The summed E-state index contributed by atoms with van der Waals surface area (Å²) in [5, 5.41) is 0. The molecule has 1 heteroatoms. The van der Waals surface area contributed by atoms with Crippen molar-refractivity contribution >= 4 is 5.57 Å². The van der Waals surface area contributed by atoms with Crippen LogP contribution in [0, 0.1) is 11.8 Å². The van der Waals surface area contributed by atoms with Gasteiger partial charge >= 0.3 is 0 Å². The van der Waals surface area contributed by atoms with Gasteiger partial charge in [-0.25, -0.2) is 0 Å². The van der Waals surface area contributed by atoms with E-state index in [4.69, 9.17) is 0 Å². The van der Waals surface area contributed by atoms with Crippen LogP contribution >= 0.6 is 0 Å². The third kappa shape index (κ3) is 3.48. The molecule has 29 heavy (non-hydrogen) atoms. The normalized spacial score (nSPS) is 24.1. The van der Waals surface area contributed by atoms with Crippen molar-refractivity contribution in [3.63, 3.8) is 0 Å². The Bertz CT molecular complexity index is 876. The van der Waals surface area contributed by atoms with Crippen molar-refractivity contribution in [2.45, 2.75) is 58.8 Å². The van der Waals surface area contributed by atoms with Crippen molar-refractivity contribution in [1.29, 1.82) is 0 Å². The Balaban J connectivity index is 1.61. The van der Waals surface area contributed by atoms with Gasteiger partial charge in [0.25, 0.3) is 0 Å². The van der Waals surface area contributed by atoms with Gasteiger partial charge in [-0.05, 0) is 79.1 Å². The molecule has 0 N–H and O–H groups in total. The molecule has 0 heterocycles. The number of nitrogens with zero attached hydrogens (tertiary/aromatic N) is 1. The lowest BCUT2D eigenvalue weighted by Gasteiger charge is -2.38. The Kier molecular flexibility index (Phi) is 5.71. The van der Waals surface area contributed by atoms with E-state index < -0.39 is 0 Å². The van der Waals surface area contributed by atoms with Crippen molar-refractivity contribution in [2.75, 3.05) is 19.6 Å². The molecule has 0 aliphatic heterocycles. The molecule has 2 atom stereocenters. The van der Waals surface area contributed by atoms with E-state index in [2.05, 4.69) is 81.7 Å². The average molecular weight is 388 g/mol. The van der Waals surface area contributed by atoms with Crippen LogP contribution in [0.2, 0.25) is 0 Å². The largest absolute Gasteiger partial charge is 0.304 e. The quantitative estimate of drug-likeness (QED) is 0.470. The molecule has 0 radical (unpaired) electrons. The molecule has 0 aromatic heterocycles. The highest BCUT2D eigenvalue weighted by Gasteiger charge is 2.45. The van der Waals surface area contributed by atoms with Crippen LogP contribution < -0.4 is 0 Å². The fourth-order valence-electron chi connectivity index (χ4n) is 5.97. The van der Waals surface area contributed by atoms with Crippen molar-refractivity contribution < 1.29 is 0 Å². The number of rotatable bonds is 7. The molecular formula is C28H37N. The zero-order chi connectivity index (χ0) is 20.6. The van der Waals surface area contributed by atoms with Gasteiger partial charge in [-0.1, -0.05) is 82.4 Å². The maximum Gasteiger partial charge on any atom is 0.0120 e. The van der Waals surface area contributed by atoms with E-state index >= 15 is 0 Å². The first kappa shape index (κ1) is 20.4. The molecule has 154 valence electrons. The SMILES string of the molecule is C=C1C2=C(CC3C=CC=CC23)C(C)(C)c2c(CCCCN(CC)CC)cccc21. The predicted octanol–water partition coefficient (Wildman–Crippen LogP) is 6.71. The van der Waals surface area contributed by atoms with Crippen LogP contribution in [0.5, 0.6) is 0 Å². The third-order valence-electron chi connectivity index (χ3n) is 7.59. The zero-order valence-electron chi connectivity index (χ0n) is 18.8. The lowest BCUT2D eigenvalue weighted by molar-refractivity contribution is 0.297. The first-order chi connectivity index (χ1) is 14.0. The summed E-state index contributed by atoms with van der Waals surface area (Å²) in [6.07, 6.45) is 14.2. The zero-order valence-corrected chi connectivity index (χ0v) is 18.8. The van der Waals surface area contributed by atoms with Crippen molar-refractivity contribution in [3.8, 4) is 0 Å². The molecule has 2 unspecified atom stereocenters.